The summed E-state index contributed by atoms with van der Waals surface area (Å²) in [6.45, 7) is 9.19. The van der Waals surface area contributed by atoms with Crippen LogP contribution in [0.2, 0.25) is 0 Å². The van der Waals surface area contributed by atoms with Crippen LogP contribution in [0.5, 0.6) is 0 Å². The summed E-state index contributed by atoms with van der Waals surface area (Å²) in [6.07, 6.45) is 2.73. The van der Waals surface area contributed by atoms with E-state index in [0.29, 0.717) is 5.92 Å². The van der Waals surface area contributed by atoms with Gasteiger partial charge in [0.1, 0.15) is 0 Å². The topological polar surface area (TPSA) is 35.2 Å². The van der Waals surface area contributed by atoms with Gasteiger partial charge in [-0.1, -0.05) is 20.8 Å². The Kier molecular flexibility index (Phi) is 3.74. The lowest BCUT2D eigenvalue weighted by atomic mass is 9.81. The third-order valence-corrected chi connectivity index (χ3v) is 2.88. The molecule has 0 aromatic rings. The molecule has 1 rings (SSSR count). The van der Waals surface area contributed by atoms with Gasteiger partial charge in [-0.2, -0.15) is 0 Å². The fourth-order valence-electron chi connectivity index (χ4n) is 1.33. The molecule has 2 N–H and O–H groups in total. The maximum Gasteiger partial charge on any atom is 0.0511 e. The lowest BCUT2D eigenvalue weighted by Gasteiger charge is -2.29. The second kappa shape index (κ2) is 4.43. The van der Waals surface area contributed by atoms with Crippen molar-refractivity contribution in [3.63, 3.8) is 0 Å². The van der Waals surface area contributed by atoms with E-state index in [-0.39, 0.29) is 5.41 Å². The Hall–Kier alpha value is -0.0800. The maximum absolute atomic E-state index is 5.71. The molecule has 0 radical (unpaired) electrons. The molecule has 1 aliphatic rings. The van der Waals surface area contributed by atoms with Crippen molar-refractivity contribution in [3.05, 3.63) is 0 Å². The fourth-order valence-corrected chi connectivity index (χ4v) is 1.33. The number of rotatable bonds is 5. The first kappa shape index (κ1) is 11.0. The van der Waals surface area contributed by atoms with E-state index in [4.69, 9.17) is 10.5 Å². The normalized spacial score (nSPS) is 20.3. The van der Waals surface area contributed by atoms with Crippen molar-refractivity contribution in [2.75, 3.05) is 19.8 Å². The largest absolute Gasteiger partial charge is 0.381 e. The molecule has 0 aromatic carbocycles. The van der Waals surface area contributed by atoms with Crippen molar-refractivity contribution in [1.82, 2.24) is 0 Å². The van der Waals surface area contributed by atoms with Crippen LogP contribution in [0.3, 0.4) is 0 Å². The van der Waals surface area contributed by atoms with Crippen LogP contribution >= 0.6 is 0 Å². The second-order valence-electron chi connectivity index (χ2n) is 5.28. The van der Waals surface area contributed by atoms with Crippen molar-refractivity contribution in [3.8, 4) is 0 Å². The predicted octanol–water partition coefficient (Wildman–Crippen LogP) is 2.03. The van der Waals surface area contributed by atoms with E-state index in [1.165, 1.54) is 12.8 Å². The van der Waals surface area contributed by atoms with Crippen LogP contribution in [0.4, 0.5) is 0 Å². The molecule has 0 saturated heterocycles. The summed E-state index contributed by atoms with van der Waals surface area (Å²) >= 11 is 0. The van der Waals surface area contributed by atoms with Gasteiger partial charge in [-0.25, -0.2) is 0 Å². The Bertz CT molecular complexity index is 147. The lowest BCUT2D eigenvalue weighted by Crippen LogP contribution is -2.32. The van der Waals surface area contributed by atoms with E-state index in [9.17, 15) is 0 Å². The van der Waals surface area contributed by atoms with Gasteiger partial charge in [0.15, 0.2) is 0 Å². The molecule has 1 fully saturated rings. The Morgan fingerprint density at radius 2 is 2.00 bits per heavy atom. The number of ether oxygens (including phenoxy) is 1. The first-order valence-corrected chi connectivity index (χ1v) is 5.32. The van der Waals surface area contributed by atoms with Crippen LogP contribution in [-0.2, 0) is 4.74 Å². The fraction of sp³-hybridized carbons (Fsp3) is 1.00. The highest BCUT2D eigenvalue weighted by Gasteiger charge is 2.25. The van der Waals surface area contributed by atoms with Gasteiger partial charge in [-0.15, -0.1) is 0 Å². The molecule has 0 heterocycles. The van der Waals surface area contributed by atoms with Gasteiger partial charge in [0.2, 0.25) is 0 Å². The SMILES string of the molecule is CC(C)(C)C(CN)COCC1CC1. The summed E-state index contributed by atoms with van der Waals surface area (Å²) < 4.78 is 5.66. The van der Waals surface area contributed by atoms with Crippen LogP contribution in [-0.4, -0.2) is 19.8 Å². The van der Waals surface area contributed by atoms with Gasteiger partial charge in [-0.05, 0) is 36.6 Å². The highest BCUT2D eigenvalue weighted by molar-refractivity contribution is 4.76. The zero-order valence-electron chi connectivity index (χ0n) is 9.18. The molecule has 0 amide bonds. The van der Waals surface area contributed by atoms with Crippen LogP contribution in [0.1, 0.15) is 33.6 Å². The molecule has 0 aliphatic heterocycles. The number of nitrogens with two attached hydrogens (primary N) is 1. The molecule has 1 aliphatic carbocycles. The second-order valence-corrected chi connectivity index (χ2v) is 5.28. The summed E-state index contributed by atoms with van der Waals surface area (Å²) in [5, 5.41) is 0. The first-order valence-electron chi connectivity index (χ1n) is 5.32. The number of hydrogen-bond donors (Lipinski definition) is 1. The van der Waals surface area contributed by atoms with Crippen molar-refractivity contribution >= 4 is 0 Å². The number of hydrogen-bond acceptors (Lipinski definition) is 2. The van der Waals surface area contributed by atoms with Gasteiger partial charge >= 0.3 is 0 Å². The van der Waals surface area contributed by atoms with Crippen molar-refractivity contribution < 1.29 is 4.74 Å². The standard InChI is InChI=1S/C11H23NO/c1-11(2,3)10(6-12)8-13-7-9-4-5-9/h9-10H,4-8,12H2,1-3H3. The summed E-state index contributed by atoms with van der Waals surface area (Å²) in [4.78, 5) is 0. The third kappa shape index (κ3) is 4.10. The Morgan fingerprint density at radius 3 is 2.38 bits per heavy atom. The molecule has 0 bridgehead atoms. The summed E-state index contributed by atoms with van der Waals surface area (Å²) in [5.74, 6) is 1.35. The van der Waals surface area contributed by atoms with Gasteiger partial charge in [-0.3, -0.25) is 0 Å². The lowest BCUT2D eigenvalue weighted by molar-refractivity contribution is 0.0536. The molecule has 1 unspecified atom stereocenters. The summed E-state index contributed by atoms with van der Waals surface area (Å²) in [5.41, 5.74) is 5.99. The van der Waals surface area contributed by atoms with E-state index in [1.54, 1.807) is 0 Å². The van der Waals surface area contributed by atoms with E-state index in [0.717, 1.165) is 25.7 Å². The van der Waals surface area contributed by atoms with Crippen molar-refractivity contribution in [1.29, 1.82) is 0 Å². The summed E-state index contributed by atoms with van der Waals surface area (Å²) in [6, 6.07) is 0. The first-order chi connectivity index (χ1) is 6.04. The average molecular weight is 185 g/mol. The highest BCUT2D eigenvalue weighted by Crippen LogP contribution is 2.30. The molecule has 2 heteroatoms. The van der Waals surface area contributed by atoms with Crippen LogP contribution in [0.15, 0.2) is 0 Å². The van der Waals surface area contributed by atoms with E-state index in [1.807, 2.05) is 0 Å². The molecular formula is C11H23NO. The molecule has 13 heavy (non-hydrogen) atoms. The zero-order chi connectivity index (χ0) is 9.90. The molecule has 78 valence electrons. The Morgan fingerprint density at radius 1 is 1.38 bits per heavy atom. The third-order valence-electron chi connectivity index (χ3n) is 2.88. The zero-order valence-corrected chi connectivity index (χ0v) is 9.18. The van der Waals surface area contributed by atoms with Gasteiger partial charge < -0.3 is 10.5 Å². The minimum absolute atomic E-state index is 0.276. The molecule has 1 saturated carbocycles. The van der Waals surface area contributed by atoms with E-state index >= 15 is 0 Å². The molecular weight excluding hydrogens is 162 g/mol. The van der Waals surface area contributed by atoms with Crippen LogP contribution in [0.25, 0.3) is 0 Å². The Balaban J connectivity index is 2.14. The predicted molar refractivity (Wildman–Crippen MR) is 55.5 cm³/mol. The highest BCUT2D eigenvalue weighted by atomic mass is 16.5. The molecule has 0 aromatic heterocycles. The summed E-state index contributed by atoms with van der Waals surface area (Å²) in [7, 11) is 0. The van der Waals surface area contributed by atoms with Gasteiger partial charge in [0.05, 0.1) is 6.61 Å². The van der Waals surface area contributed by atoms with Crippen molar-refractivity contribution in [2.45, 2.75) is 33.6 Å². The quantitative estimate of drug-likeness (QED) is 0.711. The van der Waals surface area contributed by atoms with Gasteiger partial charge in [0, 0.05) is 6.61 Å². The molecule has 1 atom stereocenters. The van der Waals surface area contributed by atoms with Crippen LogP contribution < -0.4 is 5.73 Å². The smallest absolute Gasteiger partial charge is 0.0511 e. The van der Waals surface area contributed by atoms with Crippen LogP contribution in [0, 0.1) is 17.3 Å². The van der Waals surface area contributed by atoms with Crippen molar-refractivity contribution in [2.24, 2.45) is 23.0 Å². The Labute approximate surface area is 81.8 Å². The van der Waals surface area contributed by atoms with E-state index < -0.39 is 0 Å². The monoisotopic (exact) mass is 185 g/mol. The molecule has 0 spiro atoms. The van der Waals surface area contributed by atoms with E-state index in [2.05, 4.69) is 20.8 Å². The minimum Gasteiger partial charge on any atom is -0.381 e. The minimum atomic E-state index is 0.276. The molecule has 2 nitrogen and oxygen atoms in total. The van der Waals surface area contributed by atoms with Gasteiger partial charge in [0.25, 0.3) is 0 Å². The average Bonchev–Trinajstić information content (AvgIpc) is 2.78. The maximum atomic E-state index is 5.71.